The van der Waals surface area contributed by atoms with Crippen molar-refractivity contribution >= 4 is 5.91 Å². The van der Waals surface area contributed by atoms with E-state index in [1.54, 1.807) is 12.1 Å². The van der Waals surface area contributed by atoms with Gasteiger partial charge in [0.1, 0.15) is 17.5 Å². The maximum Gasteiger partial charge on any atom is 0.249 e. The molecule has 2 aromatic rings. The predicted molar refractivity (Wildman–Crippen MR) is 142 cm³/mol. The highest BCUT2D eigenvalue weighted by Gasteiger charge is 2.46. The molecule has 0 bridgehead atoms. The van der Waals surface area contributed by atoms with Crippen LogP contribution in [0.5, 0.6) is 5.88 Å². The van der Waals surface area contributed by atoms with Crippen molar-refractivity contribution in [2.45, 2.75) is 95.6 Å². The first kappa shape index (κ1) is 27.0. The van der Waals surface area contributed by atoms with E-state index in [1.165, 1.54) is 17.7 Å². The van der Waals surface area contributed by atoms with E-state index in [0.717, 1.165) is 43.2 Å². The van der Waals surface area contributed by atoms with Crippen molar-refractivity contribution in [3.63, 3.8) is 0 Å². The van der Waals surface area contributed by atoms with Crippen molar-refractivity contribution in [2.24, 2.45) is 5.41 Å². The summed E-state index contributed by atoms with van der Waals surface area (Å²) in [5, 5.41) is 17.9. The monoisotopic (exact) mass is 525 g/mol. The van der Waals surface area contributed by atoms with Gasteiger partial charge in [-0.2, -0.15) is 0 Å². The molecular formula is C30H40FN3O4. The van der Waals surface area contributed by atoms with Crippen molar-refractivity contribution in [1.82, 2.24) is 15.6 Å². The third-order valence-electron chi connectivity index (χ3n) is 7.93. The fraction of sp³-hybridized carbons (Fsp3) is 0.600. The van der Waals surface area contributed by atoms with Crippen LogP contribution in [-0.4, -0.2) is 53.0 Å². The Labute approximate surface area is 224 Å². The van der Waals surface area contributed by atoms with Crippen LogP contribution in [0.25, 0.3) is 0 Å². The molecule has 7 nitrogen and oxygen atoms in total. The van der Waals surface area contributed by atoms with E-state index in [-0.39, 0.29) is 35.3 Å². The molecule has 1 aliphatic carbocycles. The van der Waals surface area contributed by atoms with Crippen molar-refractivity contribution < 1.29 is 23.8 Å². The van der Waals surface area contributed by atoms with Crippen LogP contribution >= 0.6 is 0 Å². The Morgan fingerprint density at radius 2 is 1.97 bits per heavy atom. The van der Waals surface area contributed by atoms with Crippen LogP contribution in [0.4, 0.5) is 4.39 Å². The quantitative estimate of drug-likeness (QED) is 0.458. The minimum Gasteiger partial charge on any atom is -0.471 e. The lowest BCUT2D eigenvalue weighted by Crippen LogP contribution is -2.54. The smallest absolute Gasteiger partial charge is 0.249 e. The van der Waals surface area contributed by atoms with Crippen LogP contribution in [0.15, 0.2) is 36.5 Å². The molecule has 1 aromatic heterocycles. The van der Waals surface area contributed by atoms with Gasteiger partial charge in [0, 0.05) is 37.2 Å². The Morgan fingerprint density at radius 3 is 2.58 bits per heavy atom. The van der Waals surface area contributed by atoms with Gasteiger partial charge in [-0.25, -0.2) is 9.37 Å². The Morgan fingerprint density at radius 1 is 1.24 bits per heavy atom. The molecule has 4 atom stereocenters. The number of hydrogen-bond donors (Lipinski definition) is 3. The number of nitrogens with one attached hydrogen (secondary N) is 2. The summed E-state index contributed by atoms with van der Waals surface area (Å²) in [5.41, 5.74) is 2.97. The Kier molecular flexibility index (Phi) is 7.76. The van der Waals surface area contributed by atoms with E-state index >= 15 is 0 Å². The molecule has 1 saturated heterocycles. The van der Waals surface area contributed by atoms with Gasteiger partial charge < -0.3 is 25.2 Å². The van der Waals surface area contributed by atoms with Gasteiger partial charge in [-0.3, -0.25) is 4.79 Å². The molecule has 1 spiro atoms. The molecule has 1 saturated carbocycles. The lowest BCUT2D eigenvalue weighted by molar-refractivity contribution is -0.146. The Hall–Kier alpha value is -2.55. The van der Waals surface area contributed by atoms with Gasteiger partial charge >= 0.3 is 0 Å². The van der Waals surface area contributed by atoms with Gasteiger partial charge in [0.05, 0.1) is 18.8 Å². The van der Waals surface area contributed by atoms with Crippen LogP contribution in [0.3, 0.4) is 0 Å². The van der Waals surface area contributed by atoms with Gasteiger partial charge in [-0.1, -0.05) is 32.9 Å². The average Bonchev–Trinajstić information content (AvgIpc) is 2.80. The van der Waals surface area contributed by atoms with Crippen LogP contribution < -0.4 is 15.4 Å². The van der Waals surface area contributed by atoms with Crippen LogP contribution in [0.1, 0.15) is 75.6 Å². The molecule has 0 unspecified atom stereocenters. The maximum absolute atomic E-state index is 13.5. The lowest BCUT2D eigenvalue weighted by atomic mass is 9.73. The largest absolute Gasteiger partial charge is 0.471 e. The zero-order chi connectivity index (χ0) is 26.9. The minimum atomic E-state index is -0.863. The summed E-state index contributed by atoms with van der Waals surface area (Å²) < 4.78 is 25.2. The first-order valence-corrected chi connectivity index (χ1v) is 13.8. The van der Waals surface area contributed by atoms with Crippen molar-refractivity contribution in [3.8, 4) is 5.88 Å². The number of ether oxygens (including phenoxy) is 2. The number of amides is 1. The number of carbonyl (C=O) groups excluding carboxylic acids is 1. The number of hydrogen-bond acceptors (Lipinski definition) is 6. The van der Waals surface area contributed by atoms with E-state index in [2.05, 4.69) is 37.5 Å². The fourth-order valence-corrected chi connectivity index (χ4v) is 5.63. The molecule has 3 aliphatic rings. The Balaban J connectivity index is 1.31. The first-order chi connectivity index (χ1) is 18.1. The second kappa shape index (κ2) is 10.9. The zero-order valence-electron chi connectivity index (χ0n) is 22.6. The van der Waals surface area contributed by atoms with Crippen LogP contribution in [0.2, 0.25) is 0 Å². The highest BCUT2D eigenvalue weighted by molar-refractivity contribution is 5.81. The standard InChI is InChI=1S/C30H40FN3O4/c1-29(2,3)15-20-13-22-24(16-30(10-4-11-30)38-28(22)33-17-20)32-18-25(35)23(34-27(36)26-9-12-37-26)14-19-5-7-21(31)8-6-19/h5-8,13,17,23-26,32,35H,4,9-12,14-16,18H2,1-3H3,(H,34,36)/t23-,24-,25+,26+/m0/s1. The summed E-state index contributed by atoms with van der Waals surface area (Å²) in [7, 11) is 0. The summed E-state index contributed by atoms with van der Waals surface area (Å²) in [6.45, 7) is 7.48. The molecule has 3 heterocycles. The third-order valence-corrected chi connectivity index (χ3v) is 7.93. The number of aliphatic hydroxyl groups excluding tert-OH is 1. The first-order valence-electron chi connectivity index (χ1n) is 13.8. The summed E-state index contributed by atoms with van der Waals surface area (Å²) in [4.78, 5) is 17.4. The van der Waals surface area contributed by atoms with E-state index in [1.807, 2.05) is 6.20 Å². The number of aliphatic hydroxyl groups is 1. The third kappa shape index (κ3) is 6.35. The molecule has 38 heavy (non-hydrogen) atoms. The van der Waals surface area contributed by atoms with Crippen molar-refractivity contribution in [1.29, 1.82) is 0 Å². The van der Waals surface area contributed by atoms with Crippen molar-refractivity contribution in [2.75, 3.05) is 13.2 Å². The topological polar surface area (TPSA) is 92.7 Å². The summed E-state index contributed by atoms with van der Waals surface area (Å²) in [6, 6.07) is 7.79. The molecule has 5 rings (SSSR count). The second-order valence-corrected chi connectivity index (χ2v) is 12.4. The molecule has 0 radical (unpaired) electrons. The maximum atomic E-state index is 13.5. The highest BCUT2D eigenvalue weighted by Crippen LogP contribution is 2.48. The minimum absolute atomic E-state index is 0.0155. The van der Waals surface area contributed by atoms with Gasteiger partial charge in [0.25, 0.3) is 0 Å². The lowest BCUT2D eigenvalue weighted by Gasteiger charge is -2.47. The average molecular weight is 526 g/mol. The van der Waals surface area contributed by atoms with E-state index in [9.17, 15) is 14.3 Å². The SMILES string of the molecule is CC(C)(C)Cc1cnc2c(c1)[C@@H](NC[C@@H](O)[C@H](Cc1ccc(F)cc1)NC(=O)[C@H]1CCO1)CC1(CCC1)O2. The van der Waals surface area contributed by atoms with Crippen LogP contribution in [0, 0.1) is 11.2 Å². The molecule has 206 valence electrons. The molecule has 1 amide bonds. The number of rotatable bonds is 9. The summed E-state index contributed by atoms with van der Waals surface area (Å²) in [5.74, 6) is 0.143. The molecule has 1 aromatic carbocycles. The van der Waals surface area contributed by atoms with Gasteiger partial charge in [-0.05, 0) is 66.8 Å². The predicted octanol–water partition coefficient (Wildman–Crippen LogP) is 4.02. The van der Waals surface area contributed by atoms with Gasteiger partial charge in [-0.15, -0.1) is 0 Å². The molecule has 8 heteroatoms. The number of fused-ring (bicyclic) bond motifs is 1. The van der Waals surface area contributed by atoms with E-state index in [0.29, 0.717) is 25.3 Å². The Bertz CT molecular complexity index is 1130. The highest BCUT2D eigenvalue weighted by atomic mass is 19.1. The zero-order valence-corrected chi connectivity index (χ0v) is 22.6. The number of nitrogens with zero attached hydrogens (tertiary/aromatic N) is 1. The van der Waals surface area contributed by atoms with E-state index < -0.39 is 18.2 Å². The summed E-state index contributed by atoms with van der Waals surface area (Å²) >= 11 is 0. The second-order valence-electron chi connectivity index (χ2n) is 12.4. The number of pyridine rings is 1. The van der Waals surface area contributed by atoms with Crippen LogP contribution in [-0.2, 0) is 22.4 Å². The number of halogens is 1. The number of carbonyl (C=O) groups is 1. The van der Waals surface area contributed by atoms with Gasteiger partial charge in [0.2, 0.25) is 11.8 Å². The molecule has 2 fully saturated rings. The molecule has 3 N–H and O–H groups in total. The van der Waals surface area contributed by atoms with Crippen molar-refractivity contribution in [3.05, 3.63) is 59.0 Å². The molecule has 2 aliphatic heterocycles. The number of aromatic nitrogens is 1. The van der Waals surface area contributed by atoms with Gasteiger partial charge in [0.15, 0.2) is 0 Å². The normalized spacial score (nSPS) is 23.4. The summed E-state index contributed by atoms with van der Waals surface area (Å²) in [6.07, 6.45) is 6.51. The fourth-order valence-electron chi connectivity index (χ4n) is 5.63. The number of benzene rings is 1. The van der Waals surface area contributed by atoms with E-state index in [4.69, 9.17) is 14.5 Å². The molecular weight excluding hydrogens is 485 g/mol.